The van der Waals surface area contributed by atoms with Crippen molar-refractivity contribution in [2.75, 3.05) is 6.54 Å². The molecule has 1 saturated heterocycles. The molecule has 0 radical (unpaired) electrons. The first-order valence-corrected chi connectivity index (χ1v) is 2.97. The van der Waals surface area contributed by atoms with Crippen LogP contribution in [0.25, 0.3) is 0 Å². The van der Waals surface area contributed by atoms with Crippen molar-refractivity contribution in [3.63, 3.8) is 0 Å². The van der Waals surface area contributed by atoms with E-state index in [0.717, 1.165) is 17.4 Å². The molecule has 1 heterocycles. The molecule has 2 nitrogen and oxygen atoms in total. The fourth-order valence-corrected chi connectivity index (χ4v) is 0.867. The van der Waals surface area contributed by atoms with Gasteiger partial charge in [-0.15, -0.1) is 0 Å². The fourth-order valence-electron chi connectivity index (χ4n) is 0.502. The average molecular weight is 162 g/mol. The van der Waals surface area contributed by atoms with Gasteiger partial charge in [-0.25, -0.2) is 0 Å². The Labute approximate surface area is 49.6 Å². The van der Waals surface area contributed by atoms with Crippen LogP contribution < -0.4 is 5.32 Å². The van der Waals surface area contributed by atoms with Crippen molar-refractivity contribution >= 4 is 25.9 Å². The van der Waals surface area contributed by atoms with Crippen molar-refractivity contribution in [2.24, 2.45) is 0 Å². The van der Waals surface area contributed by atoms with Crippen LogP contribution in [0, 0.1) is 0 Å². The normalized spacial score (nSPS) is 20.0. The predicted molar refractivity (Wildman–Crippen MR) is 28.4 cm³/mol. The van der Waals surface area contributed by atoms with Crippen molar-refractivity contribution in [3.8, 4) is 0 Å². The number of carbonyl (C=O) groups is 1. The number of rotatable bonds is 0. The Bertz CT molecular complexity index is 107. The van der Waals surface area contributed by atoms with E-state index in [4.69, 9.17) is 0 Å². The molecule has 0 saturated carbocycles. The summed E-state index contributed by atoms with van der Waals surface area (Å²) >= 11 is 2.69. The van der Waals surface area contributed by atoms with Gasteiger partial charge in [0.2, 0.25) is 0 Å². The molecule has 0 aliphatic carbocycles. The number of nitrogens with one attached hydrogen (secondary N) is 1. The van der Waals surface area contributed by atoms with Crippen LogP contribution in [-0.4, -0.2) is 32.4 Å². The summed E-state index contributed by atoms with van der Waals surface area (Å²) in [5.41, 5.74) is 0. The molecule has 1 aliphatic heterocycles. The minimum atomic E-state index is 0.0694. The third-order valence-corrected chi connectivity index (χ3v) is 1.71. The first-order chi connectivity index (χ1) is 3.30. The van der Waals surface area contributed by atoms with E-state index in [1.165, 1.54) is 0 Å². The van der Waals surface area contributed by atoms with Crippen LogP contribution in [0.4, 0.5) is 0 Å². The second-order valence-electron chi connectivity index (χ2n) is 1.43. The SMILES string of the molecule is O=C1NCCC1=[Se]. The Morgan fingerprint density at radius 2 is 2.43 bits per heavy atom. The van der Waals surface area contributed by atoms with Crippen LogP contribution in [0.1, 0.15) is 6.42 Å². The quantitative estimate of drug-likeness (QED) is 0.447. The van der Waals surface area contributed by atoms with E-state index in [0.29, 0.717) is 0 Å². The summed E-state index contributed by atoms with van der Waals surface area (Å²) in [4.78, 5) is 10.4. The van der Waals surface area contributed by atoms with E-state index in [1.54, 1.807) is 0 Å². The third kappa shape index (κ3) is 0.898. The molecular formula is C4H5NOSe. The maximum atomic E-state index is 10.4. The van der Waals surface area contributed by atoms with Gasteiger partial charge in [-0.1, -0.05) is 0 Å². The van der Waals surface area contributed by atoms with E-state index >= 15 is 0 Å². The van der Waals surface area contributed by atoms with E-state index in [-0.39, 0.29) is 5.91 Å². The second-order valence-corrected chi connectivity index (χ2v) is 2.46. The molecule has 1 aliphatic rings. The summed E-state index contributed by atoms with van der Waals surface area (Å²) in [5, 5.41) is 2.66. The molecule has 1 fully saturated rings. The van der Waals surface area contributed by atoms with Crippen LogP contribution >= 0.6 is 0 Å². The maximum absolute atomic E-state index is 10.4. The Balaban J connectivity index is 2.65. The molecule has 3 heteroatoms. The van der Waals surface area contributed by atoms with Crippen molar-refractivity contribution < 1.29 is 4.79 Å². The number of hydrogen-bond acceptors (Lipinski definition) is 1. The third-order valence-electron chi connectivity index (χ3n) is 0.891. The van der Waals surface area contributed by atoms with Crippen LogP contribution in [0.3, 0.4) is 0 Å². The van der Waals surface area contributed by atoms with Crippen molar-refractivity contribution in [1.82, 2.24) is 5.32 Å². The zero-order valence-electron chi connectivity index (χ0n) is 3.73. The number of hydrogen-bond donors (Lipinski definition) is 1. The van der Waals surface area contributed by atoms with Gasteiger partial charge in [-0.05, 0) is 0 Å². The summed E-state index contributed by atoms with van der Waals surface area (Å²) in [6.07, 6.45) is 0.874. The van der Waals surface area contributed by atoms with E-state index < -0.39 is 0 Å². The zero-order chi connectivity index (χ0) is 5.28. The zero-order valence-corrected chi connectivity index (χ0v) is 5.44. The second kappa shape index (κ2) is 1.76. The topological polar surface area (TPSA) is 29.1 Å². The molecule has 1 N–H and O–H groups in total. The van der Waals surface area contributed by atoms with Crippen molar-refractivity contribution in [1.29, 1.82) is 0 Å². The molecule has 0 unspecified atom stereocenters. The molecule has 7 heavy (non-hydrogen) atoms. The van der Waals surface area contributed by atoms with Gasteiger partial charge in [-0.2, -0.15) is 0 Å². The molecule has 0 spiro atoms. The summed E-state index contributed by atoms with van der Waals surface area (Å²) in [6, 6.07) is 0. The Hall–Kier alpha value is -0.141. The minimum absolute atomic E-state index is 0.0694. The van der Waals surface area contributed by atoms with Crippen LogP contribution in [0.2, 0.25) is 0 Å². The van der Waals surface area contributed by atoms with Crippen LogP contribution in [-0.2, 0) is 4.79 Å². The molecule has 0 atom stereocenters. The molecule has 1 rings (SSSR count). The monoisotopic (exact) mass is 163 g/mol. The fraction of sp³-hybridized carbons (Fsp3) is 0.500. The van der Waals surface area contributed by atoms with Gasteiger partial charge >= 0.3 is 49.0 Å². The molecule has 0 aromatic carbocycles. The molecule has 0 aromatic rings. The Morgan fingerprint density at radius 3 is 2.57 bits per heavy atom. The standard InChI is InChI=1S/C4H5NOSe/c6-4-3(7)1-2-5-4/h1-2H2,(H,5,6). The summed E-state index contributed by atoms with van der Waals surface area (Å²) in [5.74, 6) is 0.0694. The number of amides is 1. The van der Waals surface area contributed by atoms with Gasteiger partial charge in [0.25, 0.3) is 0 Å². The molecule has 38 valence electrons. The van der Waals surface area contributed by atoms with Crippen molar-refractivity contribution in [3.05, 3.63) is 0 Å². The predicted octanol–water partition coefficient (Wildman–Crippen LogP) is -1.15. The van der Waals surface area contributed by atoms with Gasteiger partial charge in [0, 0.05) is 0 Å². The van der Waals surface area contributed by atoms with E-state index in [9.17, 15) is 4.79 Å². The van der Waals surface area contributed by atoms with Crippen LogP contribution in [0.5, 0.6) is 0 Å². The Morgan fingerprint density at radius 1 is 1.71 bits per heavy atom. The molecular weight excluding hydrogens is 157 g/mol. The van der Waals surface area contributed by atoms with Crippen LogP contribution in [0.15, 0.2) is 0 Å². The average Bonchev–Trinajstić information content (AvgIpc) is 1.91. The molecule has 0 bridgehead atoms. The van der Waals surface area contributed by atoms with Gasteiger partial charge in [0.05, 0.1) is 0 Å². The van der Waals surface area contributed by atoms with Gasteiger partial charge in [0.15, 0.2) is 0 Å². The summed E-state index contributed by atoms with van der Waals surface area (Å²) in [6.45, 7) is 0.807. The Kier molecular flexibility index (Phi) is 1.26. The van der Waals surface area contributed by atoms with Gasteiger partial charge in [0.1, 0.15) is 0 Å². The van der Waals surface area contributed by atoms with Gasteiger partial charge in [-0.3, -0.25) is 0 Å². The first-order valence-electron chi connectivity index (χ1n) is 2.12. The van der Waals surface area contributed by atoms with Gasteiger partial charge < -0.3 is 0 Å². The van der Waals surface area contributed by atoms with E-state index in [2.05, 4.69) is 20.9 Å². The number of carbonyl (C=O) groups excluding carboxylic acids is 1. The molecule has 1 amide bonds. The van der Waals surface area contributed by atoms with E-state index in [1.807, 2.05) is 0 Å². The summed E-state index contributed by atoms with van der Waals surface area (Å²) in [7, 11) is 0. The first kappa shape index (κ1) is 5.01. The summed E-state index contributed by atoms with van der Waals surface area (Å²) < 4.78 is 0.833. The molecule has 0 aromatic heterocycles. The van der Waals surface area contributed by atoms with Crippen molar-refractivity contribution in [2.45, 2.75) is 6.42 Å².